The van der Waals surface area contributed by atoms with Crippen molar-refractivity contribution in [2.24, 2.45) is 11.7 Å². The molecule has 1 fully saturated rings. The van der Waals surface area contributed by atoms with Gasteiger partial charge in [0.15, 0.2) is 0 Å². The van der Waals surface area contributed by atoms with Crippen LogP contribution in [0.1, 0.15) is 33.1 Å². The first-order valence-electron chi connectivity index (χ1n) is 4.53. The van der Waals surface area contributed by atoms with Crippen LogP contribution >= 0.6 is 0 Å². The number of nitrogens with two attached hydrogens (primary N) is 1. The van der Waals surface area contributed by atoms with Gasteiger partial charge in [0.25, 0.3) is 0 Å². The lowest BCUT2D eigenvalue weighted by Gasteiger charge is -2.15. The fraction of sp³-hybridized carbons (Fsp3) is 1.00. The van der Waals surface area contributed by atoms with Crippen molar-refractivity contribution in [3.05, 3.63) is 0 Å². The summed E-state index contributed by atoms with van der Waals surface area (Å²) >= 11 is 0. The van der Waals surface area contributed by atoms with E-state index >= 15 is 0 Å². The van der Waals surface area contributed by atoms with Gasteiger partial charge in [-0.3, -0.25) is 0 Å². The summed E-state index contributed by atoms with van der Waals surface area (Å²) in [6, 6.07) is 0. The lowest BCUT2D eigenvalue weighted by Crippen LogP contribution is -2.26. The molecule has 0 radical (unpaired) electrons. The molecule has 0 aromatic rings. The molecule has 1 atom stereocenters. The number of ether oxygens (including phenoxy) is 1. The highest BCUT2D eigenvalue weighted by molar-refractivity contribution is 4.99. The Bertz CT molecular complexity index is 121. The first-order chi connectivity index (χ1) is 5.16. The predicted octanol–water partition coefficient (Wildman–Crippen LogP) is 1.54. The molecule has 1 aliphatic rings. The Morgan fingerprint density at radius 3 is 2.64 bits per heavy atom. The van der Waals surface area contributed by atoms with Crippen molar-refractivity contribution in [1.82, 2.24) is 0 Å². The van der Waals surface area contributed by atoms with Gasteiger partial charge in [0.1, 0.15) is 0 Å². The minimum absolute atomic E-state index is 0.191. The molecule has 1 saturated carbocycles. The van der Waals surface area contributed by atoms with Crippen molar-refractivity contribution in [2.75, 3.05) is 13.2 Å². The second-order valence-electron chi connectivity index (χ2n) is 3.83. The Morgan fingerprint density at radius 2 is 2.18 bits per heavy atom. The molecule has 1 rings (SSSR count). The molecule has 0 amide bonds. The Balaban J connectivity index is 2.05. The summed E-state index contributed by atoms with van der Waals surface area (Å²) in [5, 5.41) is 0. The monoisotopic (exact) mass is 157 g/mol. The van der Waals surface area contributed by atoms with E-state index in [1.807, 2.05) is 6.92 Å². The Hall–Kier alpha value is -0.0800. The van der Waals surface area contributed by atoms with Crippen molar-refractivity contribution < 1.29 is 4.74 Å². The second-order valence-corrected chi connectivity index (χ2v) is 3.83. The molecule has 1 unspecified atom stereocenters. The quantitative estimate of drug-likeness (QED) is 0.657. The van der Waals surface area contributed by atoms with E-state index in [4.69, 9.17) is 10.5 Å². The Kier molecular flexibility index (Phi) is 2.90. The maximum absolute atomic E-state index is 5.96. The van der Waals surface area contributed by atoms with Gasteiger partial charge in [0.2, 0.25) is 0 Å². The van der Waals surface area contributed by atoms with Crippen molar-refractivity contribution in [1.29, 1.82) is 0 Å². The standard InChI is InChI=1S/C9H19NO/c1-3-11-7-8(2)6-9(10)4-5-9/h8H,3-7,10H2,1-2H3. The van der Waals surface area contributed by atoms with Gasteiger partial charge in [-0.25, -0.2) is 0 Å². The van der Waals surface area contributed by atoms with Crippen LogP contribution < -0.4 is 5.73 Å². The normalized spacial score (nSPS) is 23.2. The summed E-state index contributed by atoms with van der Waals surface area (Å²) < 4.78 is 5.31. The van der Waals surface area contributed by atoms with Crippen LogP contribution in [0.25, 0.3) is 0 Å². The van der Waals surface area contributed by atoms with E-state index in [1.54, 1.807) is 0 Å². The lowest BCUT2D eigenvalue weighted by atomic mass is 10.0. The van der Waals surface area contributed by atoms with Gasteiger partial charge in [0, 0.05) is 18.8 Å². The van der Waals surface area contributed by atoms with Crippen LogP contribution in [0.5, 0.6) is 0 Å². The highest BCUT2D eigenvalue weighted by atomic mass is 16.5. The third-order valence-corrected chi connectivity index (χ3v) is 2.25. The highest BCUT2D eigenvalue weighted by Gasteiger charge is 2.38. The Labute approximate surface area is 69.1 Å². The summed E-state index contributed by atoms with van der Waals surface area (Å²) in [5.74, 6) is 0.627. The van der Waals surface area contributed by atoms with Gasteiger partial charge >= 0.3 is 0 Å². The van der Waals surface area contributed by atoms with E-state index in [0.717, 1.165) is 19.6 Å². The van der Waals surface area contributed by atoms with Crippen molar-refractivity contribution in [3.8, 4) is 0 Å². The average Bonchev–Trinajstić information content (AvgIpc) is 2.63. The molecule has 2 nitrogen and oxygen atoms in total. The molecule has 0 heterocycles. The maximum atomic E-state index is 5.96. The predicted molar refractivity (Wildman–Crippen MR) is 46.4 cm³/mol. The lowest BCUT2D eigenvalue weighted by molar-refractivity contribution is 0.109. The van der Waals surface area contributed by atoms with Crippen LogP contribution in [0.3, 0.4) is 0 Å². The van der Waals surface area contributed by atoms with Crippen molar-refractivity contribution >= 4 is 0 Å². The molecule has 0 saturated heterocycles. The summed E-state index contributed by atoms with van der Waals surface area (Å²) in [6.07, 6.45) is 3.56. The maximum Gasteiger partial charge on any atom is 0.0492 e. The molecule has 2 N–H and O–H groups in total. The third-order valence-electron chi connectivity index (χ3n) is 2.25. The SMILES string of the molecule is CCOCC(C)CC1(N)CC1. The van der Waals surface area contributed by atoms with Gasteiger partial charge in [-0.05, 0) is 32.1 Å². The van der Waals surface area contributed by atoms with E-state index in [2.05, 4.69) is 6.92 Å². The average molecular weight is 157 g/mol. The topological polar surface area (TPSA) is 35.2 Å². The molecular formula is C9H19NO. The second kappa shape index (κ2) is 3.55. The number of hydrogen-bond donors (Lipinski definition) is 1. The molecule has 0 aliphatic heterocycles. The highest BCUT2D eigenvalue weighted by Crippen LogP contribution is 2.38. The summed E-state index contributed by atoms with van der Waals surface area (Å²) in [6.45, 7) is 5.93. The van der Waals surface area contributed by atoms with Crippen LogP contribution in [0, 0.1) is 5.92 Å². The molecule has 0 bridgehead atoms. The first kappa shape index (κ1) is 9.01. The molecule has 0 spiro atoms. The zero-order valence-electron chi connectivity index (χ0n) is 7.60. The largest absolute Gasteiger partial charge is 0.381 e. The smallest absolute Gasteiger partial charge is 0.0492 e. The van der Waals surface area contributed by atoms with E-state index < -0.39 is 0 Å². The number of rotatable bonds is 5. The van der Waals surface area contributed by atoms with E-state index in [0.29, 0.717) is 5.92 Å². The zero-order valence-corrected chi connectivity index (χ0v) is 7.60. The first-order valence-corrected chi connectivity index (χ1v) is 4.53. The van der Waals surface area contributed by atoms with Crippen molar-refractivity contribution in [2.45, 2.75) is 38.6 Å². The molecular weight excluding hydrogens is 138 g/mol. The number of hydrogen-bond acceptors (Lipinski definition) is 2. The van der Waals surface area contributed by atoms with Crippen molar-refractivity contribution in [3.63, 3.8) is 0 Å². The minimum Gasteiger partial charge on any atom is -0.381 e. The summed E-state index contributed by atoms with van der Waals surface area (Å²) in [5.41, 5.74) is 6.15. The molecule has 2 heteroatoms. The molecule has 11 heavy (non-hydrogen) atoms. The molecule has 0 aromatic heterocycles. The van der Waals surface area contributed by atoms with Crippen LogP contribution in [0.15, 0.2) is 0 Å². The van der Waals surface area contributed by atoms with Crippen LogP contribution in [0.4, 0.5) is 0 Å². The van der Waals surface area contributed by atoms with Gasteiger partial charge < -0.3 is 10.5 Å². The summed E-state index contributed by atoms with van der Waals surface area (Å²) in [7, 11) is 0. The van der Waals surface area contributed by atoms with E-state index in [1.165, 1.54) is 12.8 Å². The van der Waals surface area contributed by atoms with Crippen LogP contribution in [-0.2, 0) is 4.74 Å². The summed E-state index contributed by atoms with van der Waals surface area (Å²) in [4.78, 5) is 0. The van der Waals surface area contributed by atoms with Gasteiger partial charge in [-0.15, -0.1) is 0 Å². The van der Waals surface area contributed by atoms with Gasteiger partial charge in [0.05, 0.1) is 0 Å². The van der Waals surface area contributed by atoms with Crippen LogP contribution in [0.2, 0.25) is 0 Å². The molecule has 0 aromatic carbocycles. The van der Waals surface area contributed by atoms with E-state index in [9.17, 15) is 0 Å². The molecule has 1 aliphatic carbocycles. The Morgan fingerprint density at radius 1 is 1.55 bits per heavy atom. The fourth-order valence-corrected chi connectivity index (χ4v) is 1.44. The third kappa shape index (κ3) is 3.21. The molecule has 66 valence electrons. The fourth-order valence-electron chi connectivity index (χ4n) is 1.44. The minimum atomic E-state index is 0.191. The zero-order chi connectivity index (χ0) is 8.32. The van der Waals surface area contributed by atoms with Gasteiger partial charge in [-0.2, -0.15) is 0 Å². The van der Waals surface area contributed by atoms with Crippen LogP contribution in [-0.4, -0.2) is 18.8 Å². The van der Waals surface area contributed by atoms with E-state index in [-0.39, 0.29) is 5.54 Å². The van der Waals surface area contributed by atoms with Gasteiger partial charge in [-0.1, -0.05) is 6.92 Å².